The zero-order valence-electron chi connectivity index (χ0n) is 14.5. The van der Waals surface area contributed by atoms with Gasteiger partial charge in [0.15, 0.2) is 0 Å². The average molecular weight is 370 g/mol. The number of H-pyrrole nitrogens is 1. The van der Waals surface area contributed by atoms with Crippen molar-refractivity contribution in [2.75, 3.05) is 13.1 Å². The maximum Gasteiger partial charge on any atom is 0.274 e. The Labute approximate surface area is 155 Å². The first-order chi connectivity index (χ1) is 12.7. The summed E-state index contributed by atoms with van der Waals surface area (Å²) in [7, 11) is 0. The van der Waals surface area contributed by atoms with Crippen LogP contribution >= 0.6 is 11.3 Å². The third kappa shape index (κ3) is 3.73. The molecule has 2 aromatic heterocycles. The summed E-state index contributed by atoms with van der Waals surface area (Å²) < 4.78 is 1.38. The van der Waals surface area contributed by atoms with Gasteiger partial charge in [0.05, 0.1) is 10.9 Å². The van der Waals surface area contributed by atoms with Crippen LogP contribution in [0.2, 0.25) is 0 Å². The number of hydrogen-bond donors (Lipinski definition) is 2. The number of hydrogen-bond acceptors (Lipinski definition) is 4. The Morgan fingerprint density at radius 1 is 1.27 bits per heavy atom. The Morgan fingerprint density at radius 3 is 2.96 bits per heavy atom. The smallest absolute Gasteiger partial charge is 0.274 e. The molecule has 2 N–H and O–H groups in total. The maximum atomic E-state index is 12.4. The molecule has 1 fully saturated rings. The molecular weight excluding hydrogens is 348 g/mol. The van der Waals surface area contributed by atoms with Gasteiger partial charge in [0.2, 0.25) is 5.91 Å². The molecule has 1 aromatic carbocycles. The summed E-state index contributed by atoms with van der Waals surface area (Å²) in [4.78, 5) is 28.5. The number of piperidine rings is 1. The van der Waals surface area contributed by atoms with Crippen molar-refractivity contribution in [2.24, 2.45) is 0 Å². The number of nitrogens with zero attached hydrogens (tertiary/aromatic N) is 2. The highest BCUT2D eigenvalue weighted by Crippen LogP contribution is 2.16. The Morgan fingerprint density at radius 2 is 2.15 bits per heavy atom. The summed E-state index contributed by atoms with van der Waals surface area (Å²) in [5.74, 6) is -0.123. The fourth-order valence-electron chi connectivity index (χ4n) is 3.58. The Bertz CT molecular complexity index is 944. The molecule has 136 valence electrons. The molecule has 1 amide bonds. The molecular formula is C19H22N4O2S. The fourth-order valence-corrected chi connectivity index (χ4v) is 4.32. The first kappa shape index (κ1) is 17.1. The van der Waals surface area contributed by atoms with Crippen molar-refractivity contribution in [3.05, 3.63) is 57.0 Å². The summed E-state index contributed by atoms with van der Waals surface area (Å²) in [6.45, 7) is 2.87. The maximum absolute atomic E-state index is 12.4. The van der Waals surface area contributed by atoms with Crippen molar-refractivity contribution in [3.8, 4) is 0 Å². The normalized spacial score (nSPS) is 18.2. The molecule has 3 heterocycles. The largest absolute Gasteiger partial charge is 0.350 e. The minimum Gasteiger partial charge on any atom is -0.350 e. The van der Waals surface area contributed by atoms with Gasteiger partial charge in [0.1, 0.15) is 6.54 Å². The molecule has 26 heavy (non-hydrogen) atoms. The molecule has 6 nitrogen and oxygen atoms in total. The van der Waals surface area contributed by atoms with Crippen LogP contribution in [0.25, 0.3) is 10.9 Å². The van der Waals surface area contributed by atoms with Crippen LogP contribution in [0.3, 0.4) is 0 Å². The quantitative estimate of drug-likeness (QED) is 0.723. The summed E-state index contributed by atoms with van der Waals surface area (Å²) in [5, 5.41) is 8.80. The number of para-hydroxylation sites is 1. The van der Waals surface area contributed by atoms with Crippen LogP contribution < -0.4 is 10.9 Å². The van der Waals surface area contributed by atoms with Crippen LogP contribution in [-0.4, -0.2) is 39.7 Å². The standard InChI is InChI=1S/C19H22N4O2S/c24-18(13-23-19(25)16-7-1-2-8-17(16)21-23)20-14-5-3-9-22(11-14)12-15-6-4-10-26-15/h1-2,4,6-8,10,14,21H,3,5,9,11-13H2,(H,20,24). The monoisotopic (exact) mass is 370 g/mol. The van der Waals surface area contributed by atoms with Crippen molar-refractivity contribution >= 4 is 28.1 Å². The zero-order valence-corrected chi connectivity index (χ0v) is 15.3. The Kier molecular flexibility index (Phi) is 4.90. The molecule has 1 atom stereocenters. The SMILES string of the molecule is O=C(Cn1[nH]c2ccccc2c1=O)NC1CCCN(Cc2cccs2)C1. The van der Waals surface area contributed by atoms with E-state index in [2.05, 4.69) is 32.8 Å². The van der Waals surface area contributed by atoms with Crippen molar-refractivity contribution in [3.63, 3.8) is 0 Å². The van der Waals surface area contributed by atoms with Gasteiger partial charge in [-0.2, -0.15) is 0 Å². The second-order valence-electron chi connectivity index (χ2n) is 6.77. The Hall–Kier alpha value is -2.38. The van der Waals surface area contributed by atoms with E-state index in [0.717, 1.165) is 38.0 Å². The predicted molar refractivity (Wildman–Crippen MR) is 103 cm³/mol. The second-order valence-corrected chi connectivity index (χ2v) is 7.80. The fraction of sp³-hybridized carbons (Fsp3) is 0.368. The van der Waals surface area contributed by atoms with E-state index in [1.165, 1.54) is 9.56 Å². The number of carbonyl (C=O) groups excluding carboxylic acids is 1. The summed E-state index contributed by atoms with van der Waals surface area (Å²) in [6, 6.07) is 11.7. The van der Waals surface area contributed by atoms with E-state index in [1.54, 1.807) is 17.4 Å². The molecule has 0 aliphatic carbocycles. The van der Waals surface area contributed by atoms with Gasteiger partial charge >= 0.3 is 0 Å². The number of rotatable bonds is 5. The number of carbonyl (C=O) groups is 1. The van der Waals surface area contributed by atoms with E-state index in [9.17, 15) is 9.59 Å². The molecule has 1 unspecified atom stereocenters. The number of benzene rings is 1. The van der Waals surface area contributed by atoms with Crippen molar-refractivity contribution in [1.29, 1.82) is 0 Å². The van der Waals surface area contributed by atoms with Gasteiger partial charge in [-0.1, -0.05) is 18.2 Å². The number of aromatic amines is 1. The highest BCUT2D eigenvalue weighted by atomic mass is 32.1. The summed E-state index contributed by atoms with van der Waals surface area (Å²) in [5.41, 5.74) is 0.601. The zero-order chi connectivity index (χ0) is 17.9. The lowest BCUT2D eigenvalue weighted by Gasteiger charge is -2.32. The average Bonchev–Trinajstić information content (AvgIpc) is 3.24. The van der Waals surface area contributed by atoms with Gasteiger partial charge in [-0.05, 0) is 43.0 Å². The van der Waals surface area contributed by atoms with Gasteiger partial charge < -0.3 is 5.32 Å². The molecule has 0 spiro atoms. The lowest BCUT2D eigenvalue weighted by Crippen LogP contribution is -2.48. The van der Waals surface area contributed by atoms with Crippen LogP contribution in [0.5, 0.6) is 0 Å². The van der Waals surface area contributed by atoms with Crippen LogP contribution in [0.4, 0.5) is 0 Å². The number of nitrogens with one attached hydrogen (secondary N) is 2. The highest BCUT2D eigenvalue weighted by Gasteiger charge is 2.22. The number of amides is 1. The molecule has 7 heteroatoms. The lowest BCUT2D eigenvalue weighted by atomic mass is 10.1. The predicted octanol–water partition coefficient (Wildman–Crippen LogP) is 2.17. The molecule has 4 rings (SSSR count). The third-order valence-electron chi connectivity index (χ3n) is 4.79. The van der Waals surface area contributed by atoms with Gasteiger partial charge in [-0.15, -0.1) is 11.3 Å². The molecule has 1 saturated heterocycles. The highest BCUT2D eigenvalue weighted by molar-refractivity contribution is 7.09. The molecule has 3 aromatic rings. The topological polar surface area (TPSA) is 70.1 Å². The van der Waals surface area contributed by atoms with Gasteiger partial charge in [0.25, 0.3) is 5.56 Å². The van der Waals surface area contributed by atoms with Crippen LogP contribution in [-0.2, 0) is 17.9 Å². The van der Waals surface area contributed by atoms with Gasteiger partial charge in [0, 0.05) is 24.0 Å². The number of likely N-dealkylation sites (tertiary alicyclic amines) is 1. The van der Waals surface area contributed by atoms with Crippen molar-refractivity contribution in [1.82, 2.24) is 20.0 Å². The first-order valence-electron chi connectivity index (χ1n) is 8.91. The number of aromatic nitrogens is 2. The second kappa shape index (κ2) is 7.47. The van der Waals surface area contributed by atoms with Crippen LogP contribution in [0.1, 0.15) is 17.7 Å². The van der Waals surface area contributed by atoms with E-state index >= 15 is 0 Å². The lowest BCUT2D eigenvalue weighted by molar-refractivity contribution is -0.123. The minimum absolute atomic E-state index is 0.0228. The van der Waals surface area contributed by atoms with Crippen molar-refractivity contribution in [2.45, 2.75) is 32.0 Å². The Balaban J connectivity index is 1.36. The third-order valence-corrected chi connectivity index (χ3v) is 5.65. The van der Waals surface area contributed by atoms with E-state index < -0.39 is 0 Å². The van der Waals surface area contributed by atoms with Crippen LogP contribution in [0, 0.1) is 0 Å². The first-order valence-corrected chi connectivity index (χ1v) is 9.78. The molecule has 1 aliphatic rings. The number of thiophene rings is 1. The van der Waals surface area contributed by atoms with Gasteiger partial charge in [-0.3, -0.25) is 19.6 Å². The molecule has 0 radical (unpaired) electrons. The van der Waals surface area contributed by atoms with E-state index in [0.29, 0.717) is 5.39 Å². The molecule has 0 bridgehead atoms. The van der Waals surface area contributed by atoms with E-state index in [4.69, 9.17) is 0 Å². The van der Waals surface area contributed by atoms with E-state index in [-0.39, 0.29) is 24.1 Å². The summed E-state index contributed by atoms with van der Waals surface area (Å²) >= 11 is 1.77. The van der Waals surface area contributed by atoms with Crippen molar-refractivity contribution < 1.29 is 4.79 Å². The van der Waals surface area contributed by atoms with Gasteiger partial charge in [-0.25, -0.2) is 4.68 Å². The van der Waals surface area contributed by atoms with E-state index in [1.807, 2.05) is 18.2 Å². The summed E-state index contributed by atoms with van der Waals surface area (Å²) in [6.07, 6.45) is 2.05. The molecule has 0 saturated carbocycles. The number of fused-ring (bicyclic) bond motifs is 1. The molecule has 1 aliphatic heterocycles. The minimum atomic E-state index is -0.154. The van der Waals surface area contributed by atoms with Crippen LogP contribution in [0.15, 0.2) is 46.6 Å².